The molecule has 0 amide bonds. The molecule has 4 nitrogen and oxygen atoms in total. The molecule has 3 aromatic carbocycles. The zero-order valence-electron chi connectivity index (χ0n) is 18.8. The molecule has 0 aliphatic rings. The van der Waals surface area contributed by atoms with Gasteiger partial charge < -0.3 is 4.74 Å². The number of aromatic nitrogens is 2. The number of unbranched alkanes of at least 4 members (excludes halogenated alkanes) is 2. The van der Waals surface area contributed by atoms with Crippen LogP contribution >= 0.6 is 23.2 Å². The van der Waals surface area contributed by atoms with Crippen LogP contribution in [0, 0.1) is 13.8 Å². The molecule has 0 unspecified atom stereocenters. The Kier molecular flexibility index (Phi) is 7.36. The number of rotatable bonds is 8. The molecule has 0 atom stereocenters. The Bertz CT molecular complexity index is 1310. The minimum atomic E-state index is -0.0195. The second kappa shape index (κ2) is 10.4. The summed E-state index contributed by atoms with van der Waals surface area (Å²) in [7, 11) is 0. The van der Waals surface area contributed by atoms with Crippen molar-refractivity contribution in [2.75, 3.05) is 6.61 Å². The largest absolute Gasteiger partial charge is 0.494 e. The number of hydrogen-bond acceptors (Lipinski definition) is 3. The lowest BCUT2D eigenvalue weighted by Gasteiger charge is -2.14. The van der Waals surface area contributed by atoms with Gasteiger partial charge in [-0.15, -0.1) is 0 Å². The van der Waals surface area contributed by atoms with E-state index < -0.39 is 0 Å². The lowest BCUT2D eigenvalue weighted by Crippen LogP contribution is -2.23. The van der Waals surface area contributed by atoms with Crippen molar-refractivity contribution in [2.45, 2.75) is 39.7 Å². The summed E-state index contributed by atoms with van der Waals surface area (Å²) in [5.41, 5.74) is 3.59. The zero-order chi connectivity index (χ0) is 23.4. The Morgan fingerprint density at radius 1 is 0.909 bits per heavy atom. The number of para-hydroxylation sites is 1. The highest BCUT2D eigenvalue weighted by Gasteiger charge is 2.12. The molecule has 0 N–H and O–H groups in total. The van der Waals surface area contributed by atoms with E-state index in [1.165, 1.54) is 0 Å². The predicted molar refractivity (Wildman–Crippen MR) is 137 cm³/mol. The summed E-state index contributed by atoms with van der Waals surface area (Å²) < 4.78 is 7.68. The van der Waals surface area contributed by atoms with Crippen molar-refractivity contribution in [3.05, 3.63) is 92.2 Å². The number of benzene rings is 3. The molecule has 0 saturated carbocycles. The van der Waals surface area contributed by atoms with Gasteiger partial charge >= 0.3 is 0 Å². The Balaban J connectivity index is 1.44. The maximum absolute atomic E-state index is 13.2. The summed E-state index contributed by atoms with van der Waals surface area (Å²) in [6, 6.07) is 18.8. The second-order valence-corrected chi connectivity index (χ2v) is 9.01. The normalized spacial score (nSPS) is 11.2. The first-order chi connectivity index (χ1) is 15.9. The van der Waals surface area contributed by atoms with Crippen LogP contribution in [0.3, 0.4) is 0 Å². The van der Waals surface area contributed by atoms with Gasteiger partial charge in [-0.25, -0.2) is 4.98 Å². The van der Waals surface area contributed by atoms with Gasteiger partial charge in [0.05, 0.1) is 17.5 Å². The van der Waals surface area contributed by atoms with Gasteiger partial charge in [0.1, 0.15) is 11.6 Å². The highest BCUT2D eigenvalue weighted by atomic mass is 35.5. The highest BCUT2D eigenvalue weighted by molar-refractivity contribution is 6.32. The fraction of sp³-hybridized carbons (Fsp3) is 0.259. The van der Waals surface area contributed by atoms with Crippen LogP contribution in [0.25, 0.3) is 22.3 Å². The number of fused-ring (bicyclic) bond motifs is 1. The summed E-state index contributed by atoms with van der Waals surface area (Å²) in [4.78, 5) is 18.0. The lowest BCUT2D eigenvalue weighted by molar-refractivity contribution is 0.303. The molecule has 4 aromatic rings. The van der Waals surface area contributed by atoms with E-state index in [9.17, 15) is 4.79 Å². The third-order valence-corrected chi connectivity index (χ3v) is 6.52. The van der Waals surface area contributed by atoms with E-state index in [4.69, 9.17) is 32.9 Å². The quantitative estimate of drug-likeness (QED) is 0.249. The minimum absolute atomic E-state index is 0.0195. The standard InChI is InChI=1S/C27H26Cl2N2O2/c1-18-16-22(17-19(2)25(18)29)33-15-7-3-6-14-31-26(20-10-12-21(28)13-11-20)30-24-9-5-4-8-23(24)27(31)32/h4-5,8-13,16-17H,3,6-7,14-15H2,1-2H3. The van der Waals surface area contributed by atoms with Gasteiger partial charge in [-0.05, 0) is 92.8 Å². The zero-order valence-corrected chi connectivity index (χ0v) is 20.3. The van der Waals surface area contributed by atoms with Crippen LogP contribution in [0.5, 0.6) is 5.75 Å². The van der Waals surface area contributed by atoms with E-state index in [1.54, 1.807) is 4.57 Å². The topological polar surface area (TPSA) is 44.1 Å². The van der Waals surface area contributed by atoms with E-state index in [0.29, 0.717) is 34.9 Å². The highest BCUT2D eigenvalue weighted by Crippen LogP contribution is 2.26. The van der Waals surface area contributed by atoms with E-state index >= 15 is 0 Å². The van der Waals surface area contributed by atoms with Crippen molar-refractivity contribution in [3.63, 3.8) is 0 Å². The summed E-state index contributed by atoms with van der Waals surface area (Å²) in [6.45, 7) is 5.18. The summed E-state index contributed by atoms with van der Waals surface area (Å²) in [6.07, 6.45) is 2.68. The third kappa shape index (κ3) is 5.40. The van der Waals surface area contributed by atoms with Crippen LogP contribution in [-0.4, -0.2) is 16.2 Å². The summed E-state index contributed by atoms with van der Waals surface area (Å²) in [5.74, 6) is 1.51. The molecule has 0 aliphatic carbocycles. The van der Waals surface area contributed by atoms with Crippen molar-refractivity contribution in [1.29, 1.82) is 0 Å². The van der Waals surface area contributed by atoms with Gasteiger partial charge in [0.25, 0.3) is 5.56 Å². The van der Waals surface area contributed by atoms with Crippen LogP contribution < -0.4 is 10.3 Å². The Morgan fingerprint density at radius 2 is 1.61 bits per heavy atom. The van der Waals surface area contributed by atoms with Crippen molar-refractivity contribution < 1.29 is 4.74 Å². The van der Waals surface area contributed by atoms with Crippen molar-refractivity contribution in [1.82, 2.24) is 9.55 Å². The SMILES string of the molecule is Cc1cc(OCCCCCn2c(-c3ccc(Cl)cc3)nc3ccccc3c2=O)cc(C)c1Cl. The van der Waals surface area contributed by atoms with Crippen molar-refractivity contribution in [3.8, 4) is 17.1 Å². The van der Waals surface area contributed by atoms with Crippen LogP contribution in [0.2, 0.25) is 10.0 Å². The Labute approximate surface area is 203 Å². The number of ether oxygens (including phenoxy) is 1. The molecule has 4 rings (SSSR count). The molecule has 0 bridgehead atoms. The Hall–Kier alpha value is -2.82. The molecule has 0 aliphatic heterocycles. The molecule has 33 heavy (non-hydrogen) atoms. The van der Waals surface area contributed by atoms with Gasteiger partial charge in [-0.2, -0.15) is 0 Å². The minimum Gasteiger partial charge on any atom is -0.494 e. The second-order valence-electron chi connectivity index (χ2n) is 8.20. The fourth-order valence-corrected chi connectivity index (χ4v) is 4.16. The molecule has 0 fully saturated rings. The maximum Gasteiger partial charge on any atom is 0.261 e. The number of hydrogen-bond donors (Lipinski definition) is 0. The average Bonchev–Trinajstić information content (AvgIpc) is 2.81. The molecule has 1 heterocycles. The van der Waals surface area contributed by atoms with E-state index in [0.717, 1.165) is 46.7 Å². The average molecular weight is 481 g/mol. The number of aryl methyl sites for hydroxylation is 2. The molecule has 1 aromatic heterocycles. The van der Waals surface area contributed by atoms with E-state index in [1.807, 2.05) is 74.5 Å². The van der Waals surface area contributed by atoms with Crippen LogP contribution in [0.4, 0.5) is 0 Å². The third-order valence-electron chi connectivity index (χ3n) is 5.67. The molecule has 0 spiro atoms. The predicted octanol–water partition coefficient (Wildman–Crippen LogP) is 7.24. The number of nitrogens with zero attached hydrogens (tertiary/aromatic N) is 2. The fourth-order valence-electron chi connectivity index (χ4n) is 3.92. The monoisotopic (exact) mass is 480 g/mol. The number of halogens is 2. The summed E-state index contributed by atoms with van der Waals surface area (Å²) >= 11 is 12.3. The van der Waals surface area contributed by atoms with E-state index in [2.05, 4.69) is 0 Å². The maximum atomic E-state index is 13.2. The molecule has 6 heteroatoms. The lowest BCUT2D eigenvalue weighted by atomic mass is 10.1. The van der Waals surface area contributed by atoms with Gasteiger partial charge in [0, 0.05) is 22.2 Å². The van der Waals surface area contributed by atoms with Crippen molar-refractivity contribution in [2.24, 2.45) is 0 Å². The first kappa shape index (κ1) is 23.3. The smallest absolute Gasteiger partial charge is 0.261 e. The summed E-state index contributed by atoms with van der Waals surface area (Å²) in [5, 5.41) is 2.07. The van der Waals surface area contributed by atoms with Gasteiger partial charge in [-0.1, -0.05) is 35.3 Å². The van der Waals surface area contributed by atoms with Gasteiger partial charge in [0.15, 0.2) is 0 Å². The molecular weight excluding hydrogens is 455 g/mol. The molecular formula is C27H26Cl2N2O2. The van der Waals surface area contributed by atoms with Crippen LogP contribution in [0.1, 0.15) is 30.4 Å². The first-order valence-corrected chi connectivity index (χ1v) is 11.8. The Morgan fingerprint density at radius 3 is 2.33 bits per heavy atom. The van der Waals surface area contributed by atoms with Crippen molar-refractivity contribution >= 4 is 34.1 Å². The first-order valence-electron chi connectivity index (χ1n) is 11.1. The van der Waals surface area contributed by atoms with E-state index in [-0.39, 0.29) is 5.56 Å². The van der Waals surface area contributed by atoms with Gasteiger partial charge in [0.2, 0.25) is 0 Å². The molecule has 0 radical (unpaired) electrons. The van der Waals surface area contributed by atoms with Crippen LogP contribution in [-0.2, 0) is 6.54 Å². The molecule has 170 valence electrons. The molecule has 0 saturated heterocycles. The van der Waals surface area contributed by atoms with Crippen LogP contribution in [0.15, 0.2) is 65.5 Å². The van der Waals surface area contributed by atoms with Gasteiger partial charge in [-0.3, -0.25) is 9.36 Å².